The molecule has 0 bridgehead atoms. The molecule has 0 saturated heterocycles. The van der Waals surface area contributed by atoms with E-state index in [0.717, 1.165) is 5.56 Å². The van der Waals surface area contributed by atoms with Crippen molar-refractivity contribution in [3.05, 3.63) is 17.7 Å². The van der Waals surface area contributed by atoms with E-state index >= 15 is 0 Å². The zero-order valence-corrected chi connectivity index (χ0v) is 9.55. The topological polar surface area (TPSA) is 71.9 Å². The van der Waals surface area contributed by atoms with Gasteiger partial charge >= 0.3 is 6.09 Å². The van der Waals surface area contributed by atoms with Crippen molar-refractivity contribution in [2.45, 2.75) is 13.5 Å². The first kappa shape index (κ1) is 11.5. The Morgan fingerprint density at radius 3 is 3.18 bits per heavy atom. The highest BCUT2D eigenvalue weighted by atomic mass is 16.5. The Bertz CT molecular complexity index is 422. The van der Waals surface area contributed by atoms with Crippen molar-refractivity contribution in [1.82, 2.24) is 9.88 Å². The largest absolute Gasteiger partial charge is 0.478 e. The van der Waals surface area contributed by atoms with Gasteiger partial charge in [-0.25, -0.2) is 4.79 Å². The fraction of sp³-hybridized carbons (Fsp3) is 0.455. The molecule has 6 nitrogen and oxygen atoms in total. The highest BCUT2D eigenvalue weighted by Gasteiger charge is 2.20. The summed E-state index contributed by atoms with van der Waals surface area (Å²) in [6.45, 7) is 3.36. The molecule has 0 fully saturated rings. The van der Waals surface area contributed by atoms with Crippen molar-refractivity contribution in [2.75, 3.05) is 19.8 Å². The van der Waals surface area contributed by atoms with Crippen LogP contribution in [0.1, 0.15) is 12.5 Å². The molecule has 1 aliphatic rings. The Kier molecular flexibility index (Phi) is 3.32. The number of hydrogen-bond donors (Lipinski definition) is 1. The van der Waals surface area contributed by atoms with E-state index < -0.39 is 6.09 Å². The number of amides is 1. The number of nitrogens with zero attached hydrogens (tertiary/aromatic N) is 2. The summed E-state index contributed by atoms with van der Waals surface area (Å²) in [6.07, 6.45) is -0.949. The summed E-state index contributed by atoms with van der Waals surface area (Å²) >= 11 is 0. The Morgan fingerprint density at radius 1 is 1.65 bits per heavy atom. The second kappa shape index (κ2) is 4.90. The van der Waals surface area contributed by atoms with Crippen LogP contribution < -0.4 is 9.47 Å². The quantitative estimate of drug-likeness (QED) is 0.842. The van der Waals surface area contributed by atoms with Gasteiger partial charge in [-0.05, 0) is 13.0 Å². The third kappa shape index (κ3) is 2.58. The molecule has 0 aliphatic carbocycles. The predicted molar refractivity (Wildman–Crippen MR) is 59.3 cm³/mol. The SMILES string of the molecule is CCOc1ccc2c(n1)OCCN(C(=O)O)C2. The number of pyridine rings is 1. The normalized spacial score (nSPS) is 14.5. The van der Waals surface area contributed by atoms with Crippen LogP contribution in [-0.2, 0) is 6.54 Å². The van der Waals surface area contributed by atoms with Crippen LogP contribution in [0.25, 0.3) is 0 Å². The first-order chi connectivity index (χ1) is 8.20. The maximum absolute atomic E-state index is 10.9. The first-order valence-corrected chi connectivity index (χ1v) is 5.44. The number of fused-ring (bicyclic) bond motifs is 1. The number of hydrogen-bond acceptors (Lipinski definition) is 4. The van der Waals surface area contributed by atoms with Gasteiger partial charge in [0, 0.05) is 11.6 Å². The monoisotopic (exact) mass is 238 g/mol. The molecule has 2 rings (SSSR count). The first-order valence-electron chi connectivity index (χ1n) is 5.44. The molecule has 0 spiro atoms. The summed E-state index contributed by atoms with van der Waals surface area (Å²) in [5, 5.41) is 8.95. The smallest absolute Gasteiger partial charge is 0.407 e. The van der Waals surface area contributed by atoms with E-state index in [1.54, 1.807) is 12.1 Å². The minimum Gasteiger partial charge on any atom is -0.478 e. The Balaban J connectivity index is 2.22. The summed E-state index contributed by atoms with van der Waals surface area (Å²) in [6, 6.07) is 3.51. The molecule has 0 radical (unpaired) electrons. The van der Waals surface area contributed by atoms with Crippen molar-refractivity contribution in [3.63, 3.8) is 0 Å². The van der Waals surface area contributed by atoms with Gasteiger partial charge in [0.2, 0.25) is 11.8 Å². The second-order valence-electron chi connectivity index (χ2n) is 3.60. The van der Waals surface area contributed by atoms with Crippen molar-refractivity contribution < 1.29 is 19.4 Å². The summed E-state index contributed by atoms with van der Waals surface area (Å²) in [5.74, 6) is 0.953. The Morgan fingerprint density at radius 2 is 2.47 bits per heavy atom. The van der Waals surface area contributed by atoms with Crippen molar-refractivity contribution in [1.29, 1.82) is 0 Å². The molecule has 1 aliphatic heterocycles. The minimum absolute atomic E-state index is 0.296. The molecule has 1 amide bonds. The number of aromatic nitrogens is 1. The zero-order valence-electron chi connectivity index (χ0n) is 9.55. The lowest BCUT2D eigenvalue weighted by Gasteiger charge is -2.14. The number of carbonyl (C=O) groups is 1. The van der Waals surface area contributed by atoms with Crippen LogP contribution in [0.5, 0.6) is 11.8 Å². The van der Waals surface area contributed by atoms with E-state index in [9.17, 15) is 4.79 Å². The average Bonchev–Trinajstić information content (AvgIpc) is 2.51. The van der Waals surface area contributed by atoms with E-state index in [-0.39, 0.29) is 0 Å². The van der Waals surface area contributed by atoms with Crippen LogP contribution in [0, 0.1) is 0 Å². The third-order valence-electron chi connectivity index (χ3n) is 2.44. The lowest BCUT2D eigenvalue weighted by molar-refractivity contribution is 0.137. The summed E-state index contributed by atoms with van der Waals surface area (Å²) < 4.78 is 10.7. The molecule has 2 heterocycles. The van der Waals surface area contributed by atoms with Gasteiger partial charge in [0.15, 0.2) is 0 Å². The predicted octanol–water partition coefficient (Wildman–Crippen LogP) is 1.35. The second-order valence-corrected chi connectivity index (χ2v) is 3.60. The Labute approximate surface area is 98.8 Å². The molecule has 1 aromatic rings. The van der Waals surface area contributed by atoms with E-state index in [4.69, 9.17) is 14.6 Å². The molecular weight excluding hydrogens is 224 g/mol. The van der Waals surface area contributed by atoms with Crippen molar-refractivity contribution in [2.24, 2.45) is 0 Å². The minimum atomic E-state index is -0.949. The van der Waals surface area contributed by atoms with Gasteiger partial charge in [-0.1, -0.05) is 0 Å². The fourth-order valence-corrected chi connectivity index (χ4v) is 1.63. The third-order valence-corrected chi connectivity index (χ3v) is 2.44. The van der Waals surface area contributed by atoms with Gasteiger partial charge in [0.1, 0.15) is 6.61 Å². The maximum atomic E-state index is 10.9. The van der Waals surface area contributed by atoms with E-state index in [2.05, 4.69) is 4.98 Å². The fourth-order valence-electron chi connectivity index (χ4n) is 1.63. The van der Waals surface area contributed by atoms with Crippen LogP contribution in [0.2, 0.25) is 0 Å². The molecule has 1 N–H and O–H groups in total. The number of carboxylic acid groups (broad SMARTS) is 1. The van der Waals surface area contributed by atoms with E-state index in [0.29, 0.717) is 38.1 Å². The van der Waals surface area contributed by atoms with Crippen LogP contribution >= 0.6 is 0 Å². The van der Waals surface area contributed by atoms with Crippen LogP contribution in [0.15, 0.2) is 12.1 Å². The summed E-state index contributed by atoms with van der Waals surface area (Å²) in [4.78, 5) is 16.4. The molecule has 92 valence electrons. The zero-order chi connectivity index (χ0) is 12.3. The highest BCUT2D eigenvalue weighted by Crippen LogP contribution is 2.23. The lowest BCUT2D eigenvalue weighted by atomic mass is 10.2. The van der Waals surface area contributed by atoms with Crippen molar-refractivity contribution in [3.8, 4) is 11.8 Å². The molecule has 6 heteroatoms. The van der Waals surface area contributed by atoms with Crippen molar-refractivity contribution >= 4 is 6.09 Å². The Hall–Kier alpha value is -1.98. The summed E-state index contributed by atoms with van der Waals surface area (Å²) in [7, 11) is 0. The van der Waals surface area contributed by atoms with Gasteiger partial charge in [-0.15, -0.1) is 0 Å². The molecule has 0 saturated carbocycles. The summed E-state index contributed by atoms with van der Waals surface area (Å²) in [5.41, 5.74) is 0.758. The van der Waals surface area contributed by atoms with E-state index in [1.807, 2.05) is 6.92 Å². The number of rotatable bonds is 2. The maximum Gasteiger partial charge on any atom is 0.407 e. The van der Waals surface area contributed by atoms with Crippen LogP contribution in [0.4, 0.5) is 4.79 Å². The standard InChI is InChI=1S/C11H14N2O4/c1-2-16-9-4-3-8-7-13(11(14)15)5-6-17-10(8)12-9/h3-4H,2,5-7H2,1H3,(H,14,15). The van der Waals surface area contributed by atoms with E-state index in [1.165, 1.54) is 4.90 Å². The molecule has 1 aromatic heterocycles. The number of ether oxygens (including phenoxy) is 2. The van der Waals surface area contributed by atoms with Gasteiger partial charge in [0.25, 0.3) is 0 Å². The molecule has 0 aromatic carbocycles. The van der Waals surface area contributed by atoms with Crippen LogP contribution in [0.3, 0.4) is 0 Å². The molecule has 0 unspecified atom stereocenters. The molecular formula is C11H14N2O4. The molecule has 0 atom stereocenters. The van der Waals surface area contributed by atoms with Gasteiger partial charge in [0.05, 0.1) is 19.7 Å². The van der Waals surface area contributed by atoms with Gasteiger partial charge in [-0.2, -0.15) is 4.98 Å². The van der Waals surface area contributed by atoms with Gasteiger partial charge in [-0.3, -0.25) is 0 Å². The lowest BCUT2D eigenvalue weighted by Crippen LogP contribution is -2.30. The van der Waals surface area contributed by atoms with Gasteiger partial charge < -0.3 is 19.5 Å². The molecule has 17 heavy (non-hydrogen) atoms. The van der Waals surface area contributed by atoms with Crippen LogP contribution in [-0.4, -0.2) is 40.8 Å². The highest BCUT2D eigenvalue weighted by molar-refractivity contribution is 5.65. The average molecular weight is 238 g/mol.